The van der Waals surface area contributed by atoms with Crippen LogP contribution in [0.5, 0.6) is 0 Å². The average molecular weight is 269 g/mol. The van der Waals surface area contributed by atoms with Crippen molar-refractivity contribution in [1.29, 1.82) is 0 Å². The molecule has 4 nitrogen and oxygen atoms in total. The van der Waals surface area contributed by atoms with Gasteiger partial charge in [-0.25, -0.2) is 0 Å². The minimum absolute atomic E-state index is 0.0510. The highest BCUT2D eigenvalue weighted by Gasteiger charge is 2.39. The smallest absolute Gasteiger partial charge is 0.289 e. The molecule has 1 aromatic heterocycles. The van der Waals surface area contributed by atoms with Crippen molar-refractivity contribution in [2.75, 3.05) is 13.1 Å². The second kappa shape index (κ2) is 4.59. The summed E-state index contributed by atoms with van der Waals surface area (Å²) in [6.07, 6.45) is 3.25. The van der Waals surface area contributed by atoms with E-state index < -0.39 is 0 Å². The van der Waals surface area contributed by atoms with Gasteiger partial charge in [-0.2, -0.15) is 0 Å². The van der Waals surface area contributed by atoms with Crippen molar-refractivity contribution in [2.45, 2.75) is 25.3 Å². The molecular weight excluding hydrogens is 252 g/mol. The molecule has 0 bridgehead atoms. The van der Waals surface area contributed by atoms with E-state index in [-0.39, 0.29) is 11.1 Å². The number of nitrogens with zero attached hydrogens (tertiary/aromatic N) is 1. The molecular formula is C13H17ClN2O2. The van der Waals surface area contributed by atoms with Gasteiger partial charge in [0.15, 0.2) is 11.0 Å². The van der Waals surface area contributed by atoms with Crippen LogP contribution in [0.4, 0.5) is 0 Å². The Morgan fingerprint density at radius 2 is 2.11 bits per heavy atom. The number of likely N-dealkylation sites (tertiary alicyclic amines) is 1. The molecule has 2 aliphatic rings. The van der Waals surface area contributed by atoms with Crippen molar-refractivity contribution in [3.05, 3.63) is 23.1 Å². The predicted molar refractivity (Wildman–Crippen MR) is 68.4 cm³/mol. The van der Waals surface area contributed by atoms with Gasteiger partial charge in [0, 0.05) is 19.1 Å². The standard InChI is InChI=1S/C13H17ClN2O2/c14-12-4-3-11(18-12)13(17)16-6-8-1-2-10(15)5-9(8)7-16/h3-4,8-10H,1-2,5-7,15H2/t8-,9+,10?/m1/s1. The molecule has 1 aromatic rings. The average Bonchev–Trinajstić information content (AvgIpc) is 2.93. The van der Waals surface area contributed by atoms with Gasteiger partial charge >= 0.3 is 0 Å². The number of nitrogens with two attached hydrogens (primary N) is 1. The predicted octanol–water partition coefficient (Wildman–Crippen LogP) is 2.13. The van der Waals surface area contributed by atoms with E-state index in [4.69, 9.17) is 21.8 Å². The maximum atomic E-state index is 12.2. The van der Waals surface area contributed by atoms with Crippen molar-refractivity contribution < 1.29 is 9.21 Å². The summed E-state index contributed by atoms with van der Waals surface area (Å²) < 4.78 is 5.18. The molecule has 3 rings (SSSR count). The van der Waals surface area contributed by atoms with Gasteiger partial charge in [0.05, 0.1) is 0 Å². The molecule has 18 heavy (non-hydrogen) atoms. The maximum absolute atomic E-state index is 12.2. The van der Waals surface area contributed by atoms with E-state index in [0.29, 0.717) is 23.6 Å². The van der Waals surface area contributed by atoms with E-state index in [2.05, 4.69) is 0 Å². The van der Waals surface area contributed by atoms with E-state index in [9.17, 15) is 4.79 Å². The molecule has 1 saturated heterocycles. The van der Waals surface area contributed by atoms with Crippen molar-refractivity contribution in [1.82, 2.24) is 4.90 Å². The van der Waals surface area contributed by atoms with Crippen molar-refractivity contribution in [2.24, 2.45) is 17.6 Å². The molecule has 1 unspecified atom stereocenters. The number of carbonyl (C=O) groups is 1. The molecule has 0 radical (unpaired) electrons. The van der Waals surface area contributed by atoms with Crippen LogP contribution < -0.4 is 5.73 Å². The first-order valence-corrected chi connectivity index (χ1v) is 6.81. The fraction of sp³-hybridized carbons (Fsp3) is 0.615. The number of hydrogen-bond donors (Lipinski definition) is 1. The van der Waals surface area contributed by atoms with Gasteiger partial charge in [-0.15, -0.1) is 0 Å². The quantitative estimate of drug-likeness (QED) is 0.849. The van der Waals surface area contributed by atoms with Gasteiger partial charge in [-0.1, -0.05) is 0 Å². The highest BCUT2D eigenvalue weighted by molar-refractivity contribution is 6.29. The molecule has 1 saturated carbocycles. The second-order valence-electron chi connectivity index (χ2n) is 5.41. The van der Waals surface area contributed by atoms with Crippen LogP contribution in [0, 0.1) is 11.8 Å². The largest absolute Gasteiger partial charge is 0.440 e. The monoisotopic (exact) mass is 268 g/mol. The zero-order valence-corrected chi connectivity index (χ0v) is 10.9. The molecule has 2 N–H and O–H groups in total. The minimum atomic E-state index is -0.0510. The van der Waals surface area contributed by atoms with Crippen LogP contribution in [0.2, 0.25) is 5.22 Å². The van der Waals surface area contributed by atoms with Crippen LogP contribution in [0.3, 0.4) is 0 Å². The van der Waals surface area contributed by atoms with Crippen LogP contribution in [-0.2, 0) is 0 Å². The Labute approximate surface area is 111 Å². The van der Waals surface area contributed by atoms with Gasteiger partial charge < -0.3 is 15.1 Å². The molecule has 0 aromatic carbocycles. The third-order valence-electron chi connectivity index (χ3n) is 4.16. The number of carbonyl (C=O) groups excluding carboxylic acids is 1. The summed E-state index contributed by atoms with van der Waals surface area (Å²) in [4.78, 5) is 14.1. The Morgan fingerprint density at radius 1 is 1.33 bits per heavy atom. The number of rotatable bonds is 1. The van der Waals surface area contributed by atoms with Crippen molar-refractivity contribution >= 4 is 17.5 Å². The van der Waals surface area contributed by atoms with Gasteiger partial charge in [0.2, 0.25) is 0 Å². The second-order valence-corrected chi connectivity index (χ2v) is 5.78. The lowest BCUT2D eigenvalue weighted by Gasteiger charge is -2.27. The van der Waals surface area contributed by atoms with Crippen LogP contribution in [-0.4, -0.2) is 29.9 Å². The Hall–Kier alpha value is -1.00. The Bertz CT molecular complexity index is 460. The third kappa shape index (κ3) is 2.15. The number of furan rings is 1. The van der Waals surface area contributed by atoms with Crippen LogP contribution in [0.15, 0.2) is 16.5 Å². The SMILES string of the molecule is NC1CC[C@@H]2CN(C(=O)c3ccc(Cl)o3)C[C@@H]2C1. The molecule has 1 amide bonds. The Morgan fingerprint density at radius 3 is 2.83 bits per heavy atom. The molecule has 2 heterocycles. The van der Waals surface area contributed by atoms with Crippen molar-refractivity contribution in [3.8, 4) is 0 Å². The number of hydrogen-bond acceptors (Lipinski definition) is 3. The topological polar surface area (TPSA) is 59.5 Å². The molecule has 2 fully saturated rings. The van der Waals surface area contributed by atoms with E-state index in [1.54, 1.807) is 12.1 Å². The summed E-state index contributed by atoms with van der Waals surface area (Å²) in [7, 11) is 0. The Kier molecular flexibility index (Phi) is 3.08. The zero-order chi connectivity index (χ0) is 12.7. The van der Waals surface area contributed by atoms with Gasteiger partial charge in [0.1, 0.15) is 0 Å². The lowest BCUT2D eigenvalue weighted by Crippen LogP contribution is -2.32. The van der Waals surface area contributed by atoms with E-state index in [1.165, 1.54) is 0 Å². The molecule has 1 aliphatic heterocycles. The number of halogens is 1. The zero-order valence-electron chi connectivity index (χ0n) is 10.1. The summed E-state index contributed by atoms with van der Waals surface area (Å²) >= 11 is 5.70. The van der Waals surface area contributed by atoms with Crippen LogP contribution >= 0.6 is 11.6 Å². The first-order chi connectivity index (χ1) is 8.63. The first kappa shape index (κ1) is 12.1. The fourth-order valence-corrected chi connectivity index (χ4v) is 3.36. The van der Waals surface area contributed by atoms with Gasteiger partial charge in [0.25, 0.3) is 5.91 Å². The third-order valence-corrected chi connectivity index (χ3v) is 4.36. The summed E-state index contributed by atoms with van der Waals surface area (Å²) in [6, 6.07) is 3.55. The molecule has 98 valence electrons. The maximum Gasteiger partial charge on any atom is 0.289 e. The minimum Gasteiger partial charge on any atom is -0.440 e. The number of fused-ring (bicyclic) bond motifs is 1. The highest BCUT2D eigenvalue weighted by atomic mass is 35.5. The number of amides is 1. The lowest BCUT2D eigenvalue weighted by atomic mass is 9.79. The molecule has 0 spiro atoms. The first-order valence-electron chi connectivity index (χ1n) is 6.43. The summed E-state index contributed by atoms with van der Waals surface area (Å²) in [5.74, 6) is 1.45. The van der Waals surface area contributed by atoms with Crippen LogP contribution in [0.25, 0.3) is 0 Å². The van der Waals surface area contributed by atoms with Crippen LogP contribution in [0.1, 0.15) is 29.8 Å². The van der Waals surface area contributed by atoms with E-state index in [1.807, 2.05) is 4.90 Å². The lowest BCUT2D eigenvalue weighted by molar-refractivity contribution is 0.0752. The molecule has 3 atom stereocenters. The highest BCUT2D eigenvalue weighted by Crippen LogP contribution is 2.36. The van der Waals surface area contributed by atoms with E-state index in [0.717, 1.165) is 32.4 Å². The van der Waals surface area contributed by atoms with Crippen molar-refractivity contribution in [3.63, 3.8) is 0 Å². The summed E-state index contributed by atoms with van der Waals surface area (Å²) in [6.45, 7) is 1.63. The van der Waals surface area contributed by atoms with E-state index >= 15 is 0 Å². The molecule has 1 aliphatic carbocycles. The summed E-state index contributed by atoms with van der Waals surface area (Å²) in [5, 5.41) is 0.261. The fourth-order valence-electron chi connectivity index (χ4n) is 3.22. The van der Waals surface area contributed by atoms with Gasteiger partial charge in [-0.05, 0) is 54.8 Å². The Balaban J connectivity index is 1.70. The normalized spacial score (nSPS) is 31.4. The molecule has 5 heteroatoms. The van der Waals surface area contributed by atoms with Gasteiger partial charge in [-0.3, -0.25) is 4.79 Å². The summed E-state index contributed by atoms with van der Waals surface area (Å²) in [5.41, 5.74) is 5.99.